The third-order valence-corrected chi connectivity index (χ3v) is 3.68. The maximum atomic E-state index is 11.8. The Morgan fingerprint density at radius 3 is 2.14 bits per heavy atom. The molecule has 114 valence electrons. The average Bonchev–Trinajstić information content (AvgIpc) is 2.36. The summed E-state index contributed by atoms with van der Waals surface area (Å²) >= 11 is 0. The molecule has 0 aliphatic heterocycles. The molecule has 1 atom stereocenters. The molecule has 1 rings (SSSR count). The topological polar surface area (TPSA) is 144 Å². The van der Waals surface area contributed by atoms with Crippen LogP contribution in [-0.2, 0) is 19.4 Å². The lowest BCUT2D eigenvalue weighted by Crippen LogP contribution is -2.43. The van der Waals surface area contributed by atoms with Crippen molar-refractivity contribution in [3.63, 3.8) is 0 Å². The zero-order valence-electron chi connectivity index (χ0n) is 11.1. The number of hydrogen-bond donors (Lipinski definition) is 3. The SMILES string of the molecule is CS(=O)(=O)c1ccc(C(=O)N[C@H](CC(N)=O)C(=O)O)cc1. The van der Waals surface area contributed by atoms with E-state index in [4.69, 9.17) is 10.8 Å². The van der Waals surface area contributed by atoms with Crippen LogP contribution in [0.3, 0.4) is 0 Å². The molecule has 0 saturated heterocycles. The maximum Gasteiger partial charge on any atom is 0.326 e. The second kappa shape index (κ2) is 6.35. The van der Waals surface area contributed by atoms with Crippen molar-refractivity contribution in [3.05, 3.63) is 29.8 Å². The van der Waals surface area contributed by atoms with E-state index in [1.165, 1.54) is 24.3 Å². The minimum absolute atomic E-state index is 0.0333. The van der Waals surface area contributed by atoms with E-state index in [1.54, 1.807) is 0 Å². The van der Waals surface area contributed by atoms with E-state index in [0.717, 1.165) is 6.26 Å². The van der Waals surface area contributed by atoms with E-state index in [1.807, 2.05) is 0 Å². The Balaban J connectivity index is 2.88. The summed E-state index contributed by atoms with van der Waals surface area (Å²) in [7, 11) is -3.38. The van der Waals surface area contributed by atoms with Crippen molar-refractivity contribution in [2.24, 2.45) is 5.73 Å². The van der Waals surface area contributed by atoms with Gasteiger partial charge < -0.3 is 16.2 Å². The highest BCUT2D eigenvalue weighted by molar-refractivity contribution is 7.90. The molecule has 1 aromatic carbocycles. The molecule has 0 fully saturated rings. The Labute approximate surface area is 120 Å². The lowest BCUT2D eigenvalue weighted by molar-refractivity contribution is -0.140. The van der Waals surface area contributed by atoms with Gasteiger partial charge in [0.05, 0.1) is 11.3 Å². The highest BCUT2D eigenvalue weighted by Crippen LogP contribution is 2.10. The number of carboxylic acid groups (broad SMARTS) is 1. The van der Waals surface area contributed by atoms with Crippen LogP contribution >= 0.6 is 0 Å². The first-order valence-corrected chi connectivity index (χ1v) is 7.62. The van der Waals surface area contributed by atoms with Crippen molar-refractivity contribution < 1.29 is 27.9 Å². The molecule has 1 aromatic rings. The summed E-state index contributed by atoms with van der Waals surface area (Å²) in [5, 5.41) is 11.0. The quantitative estimate of drug-likeness (QED) is 0.624. The largest absolute Gasteiger partial charge is 0.480 e. The Morgan fingerprint density at radius 2 is 1.76 bits per heavy atom. The van der Waals surface area contributed by atoms with Crippen LogP contribution in [0, 0.1) is 0 Å². The van der Waals surface area contributed by atoms with Crippen molar-refractivity contribution in [2.75, 3.05) is 6.26 Å². The van der Waals surface area contributed by atoms with Crippen molar-refractivity contribution >= 4 is 27.6 Å². The van der Waals surface area contributed by atoms with Crippen LogP contribution in [0.15, 0.2) is 29.2 Å². The minimum atomic E-state index is -3.38. The Morgan fingerprint density at radius 1 is 1.24 bits per heavy atom. The summed E-state index contributed by atoms with van der Waals surface area (Å²) in [6, 6.07) is 3.51. The third-order valence-electron chi connectivity index (χ3n) is 2.55. The first kappa shape index (κ1) is 16.6. The smallest absolute Gasteiger partial charge is 0.326 e. The van der Waals surface area contributed by atoms with Gasteiger partial charge in [0.2, 0.25) is 5.91 Å². The Bertz CT molecular complexity index is 665. The van der Waals surface area contributed by atoms with Crippen LogP contribution in [0.4, 0.5) is 0 Å². The summed E-state index contributed by atoms with van der Waals surface area (Å²) in [5.41, 5.74) is 4.96. The molecule has 8 nitrogen and oxygen atoms in total. The van der Waals surface area contributed by atoms with E-state index in [0.29, 0.717) is 0 Å². The van der Waals surface area contributed by atoms with Gasteiger partial charge in [-0.3, -0.25) is 9.59 Å². The van der Waals surface area contributed by atoms with E-state index < -0.39 is 40.1 Å². The molecular weight excluding hydrogens is 300 g/mol. The molecule has 4 N–H and O–H groups in total. The molecule has 0 unspecified atom stereocenters. The van der Waals surface area contributed by atoms with Gasteiger partial charge in [-0.25, -0.2) is 13.2 Å². The number of carboxylic acids is 1. The lowest BCUT2D eigenvalue weighted by atomic mass is 10.1. The van der Waals surface area contributed by atoms with Gasteiger partial charge in [0.1, 0.15) is 6.04 Å². The van der Waals surface area contributed by atoms with Crippen molar-refractivity contribution in [2.45, 2.75) is 17.4 Å². The molecule has 2 amide bonds. The summed E-state index contributed by atoms with van der Waals surface area (Å²) < 4.78 is 22.5. The Hall–Kier alpha value is -2.42. The fraction of sp³-hybridized carbons (Fsp3) is 0.250. The monoisotopic (exact) mass is 314 g/mol. The van der Waals surface area contributed by atoms with Gasteiger partial charge in [-0.2, -0.15) is 0 Å². The zero-order valence-corrected chi connectivity index (χ0v) is 11.9. The second-order valence-corrected chi connectivity index (χ2v) is 6.35. The van der Waals surface area contributed by atoms with E-state index >= 15 is 0 Å². The van der Waals surface area contributed by atoms with Crippen LogP contribution < -0.4 is 11.1 Å². The third kappa shape index (κ3) is 4.88. The lowest BCUT2D eigenvalue weighted by Gasteiger charge is -2.12. The van der Waals surface area contributed by atoms with E-state index in [-0.39, 0.29) is 10.5 Å². The van der Waals surface area contributed by atoms with Crippen molar-refractivity contribution in [1.82, 2.24) is 5.32 Å². The van der Waals surface area contributed by atoms with Crippen molar-refractivity contribution in [3.8, 4) is 0 Å². The number of sulfone groups is 1. The molecule has 9 heteroatoms. The molecule has 0 heterocycles. The molecule has 0 bridgehead atoms. The maximum absolute atomic E-state index is 11.8. The number of aliphatic carboxylic acids is 1. The summed E-state index contributed by atoms with van der Waals surface area (Å²) in [4.78, 5) is 33.5. The van der Waals surface area contributed by atoms with Gasteiger partial charge in [0, 0.05) is 11.8 Å². The number of hydrogen-bond acceptors (Lipinski definition) is 5. The van der Waals surface area contributed by atoms with Gasteiger partial charge >= 0.3 is 5.97 Å². The fourth-order valence-corrected chi connectivity index (χ4v) is 2.13. The molecule has 0 saturated carbocycles. The second-order valence-electron chi connectivity index (χ2n) is 4.33. The number of rotatable bonds is 6. The number of nitrogens with one attached hydrogen (secondary N) is 1. The normalized spacial score (nSPS) is 12.4. The molecule has 0 aliphatic carbocycles. The standard InChI is InChI=1S/C12H14N2O6S/c1-21(19,20)8-4-2-7(3-5-8)11(16)14-9(12(17)18)6-10(13)15/h2-5,9H,6H2,1H3,(H2,13,15)(H,14,16)(H,17,18)/t9-/m1/s1. The van der Waals surface area contributed by atoms with E-state index in [9.17, 15) is 22.8 Å². The van der Waals surface area contributed by atoms with Crippen LogP contribution in [0.1, 0.15) is 16.8 Å². The fourth-order valence-electron chi connectivity index (χ4n) is 1.50. The first-order valence-electron chi connectivity index (χ1n) is 5.73. The van der Waals surface area contributed by atoms with Crippen LogP contribution in [0.25, 0.3) is 0 Å². The minimum Gasteiger partial charge on any atom is -0.480 e. The first-order chi connectivity index (χ1) is 9.61. The zero-order chi connectivity index (χ0) is 16.2. The molecule has 0 aliphatic rings. The number of carbonyl (C=O) groups is 3. The van der Waals surface area contributed by atoms with E-state index in [2.05, 4.69) is 5.32 Å². The predicted octanol–water partition coefficient (Wildman–Crippen LogP) is -0.851. The number of amides is 2. The molecule has 0 radical (unpaired) electrons. The van der Waals surface area contributed by atoms with Crippen LogP contribution in [-0.4, -0.2) is 43.6 Å². The number of primary amides is 1. The Kier molecular flexibility index (Phi) is 5.03. The van der Waals surface area contributed by atoms with Gasteiger partial charge in [-0.05, 0) is 24.3 Å². The summed E-state index contributed by atoms with van der Waals surface area (Å²) in [6.07, 6.45) is 0.484. The molecule has 0 spiro atoms. The van der Waals surface area contributed by atoms with Crippen molar-refractivity contribution in [1.29, 1.82) is 0 Å². The van der Waals surface area contributed by atoms with Gasteiger partial charge in [-0.15, -0.1) is 0 Å². The van der Waals surface area contributed by atoms with Crippen LogP contribution in [0.5, 0.6) is 0 Å². The average molecular weight is 314 g/mol. The van der Waals surface area contributed by atoms with Crippen LogP contribution in [0.2, 0.25) is 0 Å². The van der Waals surface area contributed by atoms with Gasteiger partial charge in [-0.1, -0.05) is 0 Å². The highest BCUT2D eigenvalue weighted by Gasteiger charge is 2.22. The van der Waals surface area contributed by atoms with Gasteiger partial charge in [0.15, 0.2) is 9.84 Å². The molecule has 21 heavy (non-hydrogen) atoms. The molecule has 0 aromatic heterocycles. The van der Waals surface area contributed by atoms with Gasteiger partial charge in [0.25, 0.3) is 5.91 Å². The number of nitrogens with two attached hydrogens (primary N) is 1. The predicted molar refractivity (Wildman–Crippen MR) is 72.3 cm³/mol. The summed E-state index contributed by atoms with van der Waals surface area (Å²) in [5.74, 6) is -3.01. The molecular formula is C12H14N2O6S. The summed E-state index contributed by atoms with van der Waals surface area (Å²) in [6.45, 7) is 0. The number of benzene rings is 1. The highest BCUT2D eigenvalue weighted by atomic mass is 32.2. The number of carbonyl (C=O) groups excluding carboxylic acids is 2.